The quantitative estimate of drug-likeness (QED) is 0.371. The number of esters is 1. The highest BCUT2D eigenvalue weighted by Gasteiger charge is 2.46. The van der Waals surface area contributed by atoms with Gasteiger partial charge in [0.05, 0.1) is 17.7 Å². The van der Waals surface area contributed by atoms with Crippen LogP contribution in [-0.4, -0.2) is 70.7 Å². The Labute approximate surface area is 221 Å². The van der Waals surface area contributed by atoms with Gasteiger partial charge in [0, 0.05) is 17.6 Å². The molecule has 1 spiro atoms. The van der Waals surface area contributed by atoms with Gasteiger partial charge < -0.3 is 4.74 Å². The van der Waals surface area contributed by atoms with E-state index in [1.54, 1.807) is 18.2 Å². The average molecular weight is 518 g/mol. The van der Waals surface area contributed by atoms with Crippen LogP contribution in [0.3, 0.4) is 0 Å². The zero-order valence-electron chi connectivity index (χ0n) is 21.8. The van der Waals surface area contributed by atoms with Crippen LogP contribution in [-0.2, 0) is 19.1 Å². The summed E-state index contributed by atoms with van der Waals surface area (Å²) in [7, 11) is 0. The Bertz CT molecular complexity index is 1310. The third kappa shape index (κ3) is 5.14. The average Bonchev–Trinajstić information content (AvgIpc) is 3.06. The zero-order chi connectivity index (χ0) is 27.2. The van der Waals surface area contributed by atoms with Gasteiger partial charge in [-0.15, -0.1) is 0 Å². The fraction of sp³-hybridized carbons (Fsp3) is 0.483. The van der Waals surface area contributed by atoms with Crippen LogP contribution in [0.1, 0.15) is 72.7 Å². The van der Waals surface area contributed by atoms with Gasteiger partial charge >= 0.3 is 5.97 Å². The van der Waals surface area contributed by atoms with Gasteiger partial charge in [-0.3, -0.25) is 39.1 Å². The number of carbonyl (C=O) groups is 5. The first kappa shape index (κ1) is 25.9. The summed E-state index contributed by atoms with van der Waals surface area (Å²) in [5, 5.41) is 2.12. The van der Waals surface area contributed by atoms with Crippen LogP contribution in [0.25, 0.3) is 0 Å². The summed E-state index contributed by atoms with van der Waals surface area (Å²) in [6.45, 7) is 7.70. The van der Waals surface area contributed by atoms with Crippen molar-refractivity contribution in [3.8, 4) is 11.8 Å². The first-order valence-electron chi connectivity index (χ1n) is 12.9. The van der Waals surface area contributed by atoms with Crippen molar-refractivity contribution < 1.29 is 28.7 Å². The number of nitrogens with zero attached hydrogens (tertiary/aromatic N) is 2. The van der Waals surface area contributed by atoms with Gasteiger partial charge in [-0.05, 0) is 89.2 Å². The van der Waals surface area contributed by atoms with E-state index in [0.29, 0.717) is 12.1 Å². The van der Waals surface area contributed by atoms with Crippen LogP contribution in [0.2, 0.25) is 0 Å². The van der Waals surface area contributed by atoms with E-state index in [9.17, 15) is 24.0 Å². The summed E-state index contributed by atoms with van der Waals surface area (Å²) in [5.41, 5.74) is 0.875. The number of imide groups is 2. The maximum atomic E-state index is 13.0. The van der Waals surface area contributed by atoms with E-state index in [0.717, 1.165) is 49.7 Å². The lowest BCUT2D eigenvalue weighted by molar-refractivity contribution is -0.157. The van der Waals surface area contributed by atoms with Crippen molar-refractivity contribution in [2.45, 2.75) is 58.1 Å². The van der Waals surface area contributed by atoms with E-state index >= 15 is 0 Å². The molecule has 1 saturated heterocycles. The summed E-state index contributed by atoms with van der Waals surface area (Å²) >= 11 is 0. The van der Waals surface area contributed by atoms with Crippen LogP contribution < -0.4 is 5.32 Å². The molecule has 1 saturated carbocycles. The van der Waals surface area contributed by atoms with Gasteiger partial charge in [0.25, 0.3) is 17.7 Å². The molecule has 1 atom stereocenters. The van der Waals surface area contributed by atoms with Gasteiger partial charge in [0.15, 0.2) is 0 Å². The van der Waals surface area contributed by atoms with E-state index in [2.05, 4.69) is 22.1 Å². The molecule has 9 heteroatoms. The Morgan fingerprint density at radius 2 is 1.76 bits per heavy atom. The molecule has 9 nitrogen and oxygen atoms in total. The highest BCUT2D eigenvalue weighted by molar-refractivity contribution is 6.24. The summed E-state index contributed by atoms with van der Waals surface area (Å²) in [6, 6.07) is 3.72. The fourth-order valence-electron chi connectivity index (χ4n) is 5.72. The standard InChI is InChI=1S/C29H31N3O6/c1-28(2,3)38-24(34)17-31-12-10-29(11-13-31)15-19(16-29)5-4-18-6-7-20-21(14-18)27(37)32(26(20)36)22-8-9-23(33)30-25(22)35/h6-9,14,19,22H,10-13,15-17H2,1-3H3,(H,30,33,35). The molecule has 5 rings (SSSR count). The third-order valence-corrected chi connectivity index (χ3v) is 7.61. The molecule has 1 unspecified atom stereocenters. The van der Waals surface area contributed by atoms with Crippen molar-refractivity contribution in [3.05, 3.63) is 47.0 Å². The Balaban J connectivity index is 1.17. The topological polar surface area (TPSA) is 113 Å². The zero-order valence-corrected chi connectivity index (χ0v) is 21.8. The van der Waals surface area contributed by atoms with Crippen molar-refractivity contribution in [2.24, 2.45) is 11.3 Å². The molecule has 1 N–H and O–H groups in total. The summed E-state index contributed by atoms with van der Waals surface area (Å²) in [4.78, 5) is 64.5. The van der Waals surface area contributed by atoms with Gasteiger partial charge in [-0.25, -0.2) is 0 Å². The van der Waals surface area contributed by atoms with E-state index in [1.807, 2.05) is 20.8 Å². The van der Waals surface area contributed by atoms with Crippen LogP contribution in [0.5, 0.6) is 0 Å². The molecule has 198 valence electrons. The maximum Gasteiger partial charge on any atom is 0.320 e. The number of piperidine rings is 1. The van der Waals surface area contributed by atoms with E-state index < -0.39 is 35.3 Å². The largest absolute Gasteiger partial charge is 0.459 e. The van der Waals surface area contributed by atoms with Crippen LogP contribution in [0.4, 0.5) is 0 Å². The van der Waals surface area contributed by atoms with Crippen LogP contribution in [0, 0.1) is 23.2 Å². The second-order valence-electron chi connectivity index (χ2n) is 11.6. The lowest BCUT2D eigenvalue weighted by Crippen LogP contribution is -2.51. The normalized spacial score (nSPS) is 23.0. The second kappa shape index (κ2) is 9.52. The molecule has 0 bridgehead atoms. The molecular formula is C29H31N3O6. The predicted octanol–water partition coefficient (Wildman–Crippen LogP) is 2.05. The number of hydrogen-bond acceptors (Lipinski definition) is 7. The van der Waals surface area contributed by atoms with Crippen molar-refractivity contribution in [2.75, 3.05) is 19.6 Å². The molecule has 0 aromatic heterocycles. The first-order valence-corrected chi connectivity index (χ1v) is 12.9. The van der Waals surface area contributed by atoms with Crippen LogP contribution in [0.15, 0.2) is 30.4 Å². The fourth-order valence-corrected chi connectivity index (χ4v) is 5.72. The molecular weight excluding hydrogens is 486 g/mol. The monoisotopic (exact) mass is 517 g/mol. The molecule has 2 fully saturated rings. The number of benzene rings is 1. The third-order valence-electron chi connectivity index (χ3n) is 7.61. The number of rotatable bonds is 3. The number of carbonyl (C=O) groups excluding carboxylic acids is 5. The minimum atomic E-state index is -1.16. The molecule has 4 amide bonds. The molecule has 1 aromatic rings. The van der Waals surface area contributed by atoms with Gasteiger partial charge in [0.2, 0.25) is 5.91 Å². The smallest absolute Gasteiger partial charge is 0.320 e. The minimum absolute atomic E-state index is 0.183. The summed E-state index contributed by atoms with van der Waals surface area (Å²) in [6.07, 6.45) is 6.50. The number of amides is 4. The van der Waals surface area contributed by atoms with E-state index in [1.165, 1.54) is 6.08 Å². The van der Waals surface area contributed by atoms with Crippen molar-refractivity contribution in [1.29, 1.82) is 0 Å². The molecule has 3 heterocycles. The predicted molar refractivity (Wildman–Crippen MR) is 137 cm³/mol. The van der Waals surface area contributed by atoms with E-state index in [4.69, 9.17) is 4.74 Å². The van der Waals surface area contributed by atoms with Crippen molar-refractivity contribution >= 4 is 29.6 Å². The second-order valence-corrected chi connectivity index (χ2v) is 11.6. The van der Waals surface area contributed by atoms with Crippen LogP contribution >= 0.6 is 0 Å². The van der Waals surface area contributed by atoms with Gasteiger partial charge in [-0.1, -0.05) is 11.8 Å². The Morgan fingerprint density at radius 1 is 1.08 bits per heavy atom. The first-order chi connectivity index (χ1) is 17.9. The molecule has 4 aliphatic rings. The van der Waals surface area contributed by atoms with Crippen molar-refractivity contribution in [1.82, 2.24) is 15.1 Å². The van der Waals surface area contributed by atoms with Gasteiger partial charge in [-0.2, -0.15) is 0 Å². The number of likely N-dealkylation sites (tertiary alicyclic amines) is 1. The van der Waals surface area contributed by atoms with E-state index in [-0.39, 0.29) is 28.4 Å². The Kier molecular flexibility index (Phi) is 6.48. The molecule has 0 radical (unpaired) electrons. The minimum Gasteiger partial charge on any atom is -0.459 e. The lowest BCUT2D eigenvalue weighted by atomic mass is 9.58. The summed E-state index contributed by atoms with van der Waals surface area (Å²) in [5.74, 6) is 4.13. The number of hydrogen-bond donors (Lipinski definition) is 1. The molecule has 1 aliphatic carbocycles. The number of fused-ring (bicyclic) bond motifs is 1. The highest BCUT2D eigenvalue weighted by atomic mass is 16.6. The SMILES string of the molecule is CC(C)(C)OC(=O)CN1CCC2(CC1)CC(C#Cc1ccc3c(c1)C(=O)N(C1C=CC(=O)NC1=O)C3=O)C2. The van der Waals surface area contributed by atoms with Gasteiger partial charge in [0.1, 0.15) is 11.6 Å². The number of nitrogens with one attached hydrogen (secondary N) is 1. The number of ether oxygens (including phenoxy) is 1. The molecule has 3 aliphatic heterocycles. The van der Waals surface area contributed by atoms with Crippen molar-refractivity contribution in [3.63, 3.8) is 0 Å². The maximum absolute atomic E-state index is 13.0. The highest BCUT2D eigenvalue weighted by Crippen LogP contribution is 2.52. The molecule has 1 aromatic carbocycles. The summed E-state index contributed by atoms with van der Waals surface area (Å²) < 4.78 is 5.44. The Morgan fingerprint density at radius 3 is 2.42 bits per heavy atom. The molecule has 38 heavy (non-hydrogen) atoms. The lowest BCUT2D eigenvalue weighted by Gasteiger charge is -2.50. The Hall–Kier alpha value is -3.77.